The first kappa shape index (κ1) is 35.3. The van der Waals surface area contributed by atoms with Crippen LogP contribution in [0.1, 0.15) is 133 Å². The highest BCUT2D eigenvalue weighted by molar-refractivity contribution is 5.97. The van der Waals surface area contributed by atoms with Crippen LogP contribution in [0, 0.1) is 16.0 Å². The van der Waals surface area contributed by atoms with Crippen molar-refractivity contribution in [3.8, 4) is 11.5 Å². The molecule has 244 valence electrons. The van der Waals surface area contributed by atoms with E-state index in [-0.39, 0.29) is 28.9 Å². The summed E-state index contributed by atoms with van der Waals surface area (Å²) in [5.74, 6) is -0.0333. The van der Waals surface area contributed by atoms with Gasteiger partial charge in [-0.2, -0.15) is 0 Å². The first-order valence-electron chi connectivity index (χ1n) is 16.6. The van der Waals surface area contributed by atoms with Crippen molar-refractivity contribution in [2.45, 2.75) is 123 Å². The lowest BCUT2D eigenvalue weighted by Crippen LogP contribution is -2.27. The summed E-state index contributed by atoms with van der Waals surface area (Å²) < 4.78 is 23.3. The van der Waals surface area contributed by atoms with Crippen LogP contribution in [0.15, 0.2) is 36.4 Å². The summed E-state index contributed by atoms with van der Waals surface area (Å²) >= 11 is 0. The van der Waals surface area contributed by atoms with Gasteiger partial charge in [-0.05, 0) is 44.4 Å². The van der Waals surface area contributed by atoms with Crippen molar-refractivity contribution >= 4 is 17.3 Å². The number of nitrogen functional groups attached to an aromatic ring is 1. The van der Waals surface area contributed by atoms with Crippen LogP contribution in [0.25, 0.3) is 0 Å². The number of carbonyl (C=O) groups is 1. The van der Waals surface area contributed by atoms with Gasteiger partial charge in [0, 0.05) is 11.5 Å². The second kappa shape index (κ2) is 19.3. The average Bonchev–Trinajstić information content (AvgIpc) is 3.02. The number of ether oxygens (including phenoxy) is 4. The lowest BCUT2D eigenvalue weighted by molar-refractivity contribution is -0.385. The summed E-state index contributed by atoms with van der Waals surface area (Å²) in [6.45, 7) is 7.60. The van der Waals surface area contributed by atoms with Gasteiger partial charge in [-0.15, -0.1) is 0 Å². The largest absolute Gasteiger partial charge is 0.488 e. The van der Waals surface area contributed by atoms with Crippen LogP contribution in [-0.2, 0) is 9.47 Å². The molecule has 0 amide bonds. The number of hydrogen-bond acceptors (Lipinski definition) is 8. The highest BCUT2D eigenvalue weighted by atomic mass is 16.7. The fourth-order valence-corrected chi connectivity index (χ4v) is 5.46. The lowest BCUT2D eigenvalue weighted by atomic mass is 10.0. The van der Waals surface area contributed by atoms with E-state index >= 15 is 0 Å². The third-order valence-corrected chi connectivity index (χ3v) is 8.13. The maximum Gasteiger partial charge on any atom is 0.350 e. The van der Waals surface area contributed by atoms with Crippen molar-refractivity contribution in [2.75, 3.05) is 18.9 Å². The van der Waals surface area contributed by atoms with Gasteiger partial charge in [0.2, 0.25) is 0 Å². The van der Waals surface area contributed by atoms with Crippen molar-refractivity contribution in [2.24, 2.45) is 5.92 Å². The zero-order chi connectivity index (χ0) is 31.7. The second-order valence-electron chi connectivity index (χ2n) is 12.0. The minimum absolute atomic E-state index is 0.144. The van der Waals surface area contributed by atoms with Gasteiger partial charge in [0.1, 0.15) is 17.1 Å². The molecular weight excluding hydrogens is 560 g/mol. The standard InChI is InChI=1S/C35H52N2O7/c1-4-6-8-10-11-12-13-15-17-27-24-41-35(42-25-27)28-18-20-29(21-19-28)44-34(38)30-22-31(36)33(23-32(30)37(39)40)43-26(3)16-14-9-7-5-2/h18-23,26-27,35H,4-17,24-25,36H2,1-3H3. The SMILES string of the molecule is CCCCCCCCCCC1COC(c2ccc(OC(=O)c3cc(N)c(OC(C)CCCCCC)cc3[N+](=O)[O-])cc2)OC1. The molecule has 0 aliphatic carbocycles. The zero-order valence-corrected chi connectivity index (χ0v) is 26.9. The van der Waals surface area contributed by atoms with Crippen LogP contribution >= 0.6 is 0 Å². The predicted molar refractivity (Wildman–Crippen MR) is 173 cm³/mol. The van der Waals surface area contributed by atoms with Crippen molar-refractivity contribution in [1.82, 2.24) is 0 Å². The second-order valence-corrected chi connectivity index (χ2v) is 12.0. The van der Waals surface area contributed by atoms with E-state index < -0.39 is 22.9 Å². The number of unbranched alkanes of at least 4 members (excludes halogenated alkanes) is 10. The van der Waals surface area contributed by atoms with Crippen LogP contribution in [0.5, 0.6) is 11.5 Å². The third kappa shape index (κ3) is 11.7. The van der Waals surface area contributed by atoms with E-state index in [4.69, 9.17) is 24.7 Å². The molecule has 0 radical (unpaired) electrons. The molecule has 0 bridgehead atoms. The highest BCUT2D eigenvalue weighted by Crippen LogP contribution is 2.34. The smallest absolute Gasteiger partial charge is 0.350 e. The molecule has 1 heterocycles. The molecule has 0 spiro atoms. The van der Waals surface area contributed by atoms with E-state index in [1.54, 1.807) is 24.3 Å². The number of hydrogen-bond donors (Lipinski definition) is 1. The summed E-state index contributed by atoms with van der Waals surface area (Å²) in [5.41, 5.74) is 6.44. The molecule has 2 aromatic carbocycles. The Morgan fingerprint density at radius 1 is 0.932 bits per heavy atom. The Morgan fingerprint density at radius 2 is 1.52 bits per heavy atom. The Kier molecular flexibility index (Phi) is 15.5. The zero-order valence-electron chi connectivity index (χ0n) is 26.9. The van der Waals surface area contributed by atoms with Crippen LogP contribution in [0.4, 0.5) is 11.4 Å². The van der Waals surface area contributed by atoms with Gasteiger partial charge in [0.25, 0.3) is 5.69 Å². The fourth-order valence-electron chi connectivity index (χ4n) is 5.46. The van der Waals surface area contributed by atoms with Crippen molar-refractivity contribution in [1.29, 1.82) is 0 Å². The van der Waals surface area contributed by atoms with E-state index in [0.717, 1.165) is 44.1 Å². The molecule has 2 aromatic rings. The summed E-state index contributed by atoms with van der Waals surface area (Å²) in [5, 5.41) is 11.8. The predicted octanol–water partition coefficient (Wildman–Crippen LogP) is 9.33. The van der Waals surface area contributed by atoms with E-state index in [0.29, 0.717) is 19.1 Å². The average molecular weight is 613 g/mol. The Bertz CT molecular complexity index is 1150. The van der Waals surface area contributed by atoms with Crippen LogP contribution in [0.3, 0.4) is 0 Å². The van der Waals surface area contributed by atoms with Crippen molar-refractivity contribution in [3.63, 3.8) is 0 Å². The molecule has 2 N–H and O–H groups in total. The number of nitro groups is 1. The number of rotatable bonds is 20. The molecule has 1 unspecified atom stereocenters. The molecule has 0 saturated carbocycles. The molecule has 9 nitrogen and oxygen atoms in total. The summed E-state index contributed by atoms with van der Waals surface area (Å²) in [6.07, 6.45) is 16.1. The van der Waals surface area contributed by atoms with Gasteiger partial charge in [-0.1, -0.05) is 96.6 Å². The molecule has 3 rings (SSSR count). The molecule has 1 saturated heterocycles. The molecule has 44 heavy (non-hydrogen) atoms. The van der Waals surface area contributed by atoms with Gasteiger partial charge in [0.05, 0.1) is 36.0 Å². The fraction of sp³-hybridized carbons (Fsp3) is 0.629. The Labute approximate surface area is 262 Å². The Hall–Kier alpha value is -3.17. The topological polar surface area (TPSA) is 123 Å². The minimum Gasteiger partial charge on any atom is -0.488 e. The number of nitrogens with zero attached hydrogens (tertiary/aromatic N) is 1. The molecule has 0 aromatic heterocycles. The maximum atomic E-state index is 13.0. The first-order chi connectivity index (χ1) is 21.3. The molecule has 1 aliphatic heterocycles. The van der Waals surface area contributed by atoms with Gasteiger partial charge in [-0.25, -0.2) is 4.79 Å². The summed E-state index contributed by atoms with van der Waals surface area (Å²) in [4.78, 5) is 24.2. The number of anilines is 1. The van der Waals surface area contributed by atoms with Gasteiger partial charge in [0.15, 0.2) is 6.29 Å². The van der Waals surface area contributed by atoms with E-state index in [9.17, 15) is 14.9 Å². The van der Waals surface area contributed by atoms with Gasteiger partial charge < -0.3 is 24.7 Å². The number of carbonyl (C=O) groups excluding carboxylic acids is 1. The van der Waals surface area contributed by atoms with Crippen LogP contribution in [0.2, 0.25) is 0 Å². The number of esters is 1. The number of nitrogens with two attached hydrogens (primary N) is 1. The van der Waals surface area contributed by atoms with Crippen LogP contribution in [-0.4, -0.2) is 30.2 Å². The Balaban J connectivity index is 1.48. The normalized spacial score (nSPS) is 17.2. The molecule has 1 aliphatic rings. The van der Waals surface area contributed by atoms with E-state index in [2.05, 4.69) is 13.8 Å². The third-order valence-electron chi connectivity index (χ3n) is 8.13. The highest BCUT2D eigenvalue weighted by Gasteiger charge is 2.27. The van der Waals surface area contributed by atoms with Crippen molar-refractivity contribution in [3.05, 3.63) is 57.6 Å². The van der Waals surface area contributed by atoms with Gasteiger partial charge in [-0.3, -0.25) is 10.1 Å². The summed E-state index contributed by atoms with van der Waals surface area (Å²) in [7, 11) is 0. The van der Waals surface area contributed by atoms with E-state index in [1.807, 2.05) is 6.92 Å². The summed E-state index contributed by atoms with van der Waals surface area (Å²) in [6, 6.07) is 9.25. The number of benzene rings is 2. The molecule has 1 fully saturated rings. The Morgan fingerprint density at radius 3 is 2.14 bits per heavy atom. The quantitative estimate of drug-likeness (QED) is 0.0392. The van der Waals surface area contributed by atoms with Gasteiger partial charge >= 0.3 is 5.97 Å². The maximum absolute atomic E-state index is 13.0. The van der Waals surface area contributed by atoms with Crippen molar-refractivity contribution < 1.29 is 28.7 Å². The number of nitro benzene ring substituents is 1. The van der Waals surface area contributed by atoms with Crippen LogP contribution < -0.4 is 15.2 Å². The molecular formula is C35H52N2O7. The van der Waals surface area contributed by atoms with E-state index in [1.165, 1.54) is 63.5 Å². The minimum atomic E-state index is -0.871. The molecule has 9 heteroatoms. The molecule has 1 atom stereocenters. The lowest BCUT2D eigenvalue weighted by Gasteiger charge is -2.29. The monoisotopic (exact) mass is 612 g/mol. The first-order valence-corrected chi connectivity index (χ1v) is 16.6.